The third-order valence-electron chi connectivity index (χ3n) is 2.98. The standard InChI is InChI=1S/C10H14N2O3/c1-11-8(9(13)14)10(5-15-6-10)7-2-3-12-4-7/h2-4,8,11-12H,5-6H2,1H3,(H,13,14). The summed E-state index contributed by atoms with van der Waals surface area (Å²) in [6, 6.07) is 1.29. The van der Waals surface area contributed by atoms with Crippen molar-refractivity contribution in [2.75, 3.05) is 20.3 Å². The van der Waals surface area contributed by atoms with Crippen LogP contribution in [0.2, 0.25) is 0 Å². The van der Waals surface area contributed by atoms with Gasteiger partial charge in [-0.05, 0) is 18.7 Å². The highest BCUT2D eigenvalue weighted by Gasteiger charge is 2.50. The summed E-state index contributed by atoms with van der Waals surface area (Å²) in [6.07, 6.45) is 3.62. The maximum atomic E-state index is 11.1. The first-order chi connectivity index (χ1) is 7.20. The van der Waals surface area contributed by atoms with E-state index in [1.54, 1.807) is 13.2 Å². The Labute approximate surface area is 87.4 Å². The molecule has 0 aliphatic carbocycles. The van der Waals surface area contributed by atoms with Crippen LogP contribution in [0.3, 0.4) is 0 Å². The smallest absolute Gasteiger partial charge is 0.321 e. The minimum atomic E-state index is -0.845. The van der Waals surface area contributed by atoms with Crippen LogP contribution < -0.4 is 5.32 Å². The fraction of sp³-hybridized carbons (Fsp3) is 0.500. The zero-order valence-corrected chi connectivity index (χ0v) is 8.49. The van der Waals surface area contributed by atoms with Crippen LogP contribution in [0.1, 0.15) is 5.56 Å². The first kappa shape index (κ1) is 10.2. The van der Waals surface area contributed by atoms with Gasteiger partial charge in [-0.25, -0.2) is 0 Å². The molecular formula is C10H14N2O3. The van der Waals surface area contributed by atoms with Crippen molar-refractivity contribution in [2.45, 2.75) is 11.5 Å². The molecular weight excluding hydrogens is 196 g/mol. The molecule has 0 bridgehead atoms. The van der Waals surface area contributed by atoms with Crippen molar-refractivity contribution >= 4 is 5.97 Å². The number of carboxylic acid groups (broad SMARTS) is 1. The lowest BCUT2D eigenvalue weighted by molar-refractivity contribution is -0.150. The van der Waals surface area contributed by atoms with E-state index in [0.717, 1.165) is 5.56 Å². The van der Waals surface area contributed by atoms with Gasteiger partial charge in [0.2, 0.25) is 0 Å². The Morgan fingerprint density at radius 1 is 1.73 bits per heavy atom. The predicted octanol–water partition coefficient (Wildman–Crippen LogP) is -0.0447. The van der Waals surface area contributed by atoms with Crippen molar-refractivity contribution in [1.82, 2.24) is 10.3 Å². The van der Waals surface area contributed by atoms with E-state index in [1.165, 1.54) is 0 Å². The molecule has 2 heterocycles. The van der Waals surface area contributed by atoms with E-state index >= 15 is 0 Å². The van der Waals surface area contributed by atoms with E-state index in [0.29, 0.717) is 13.2 Å². The minimum Gasteiger partial charge on any atom is -0.480 e. The second-order valence-electron chi connectivity index (χ2n) is 3.81. The summed E-state index contributed by atoms with van der Waals surface area (Å²) in [5, 5.41) is 12.0. The van der Waals surface area contributed by atoms with Crippen molar-refractivity contribution in [3.8, 4) is 0 Å². The Kier molecular flexibility index (Phi) is 2.50. The molecule has 1 aromatic heterocycles. The van der Waals surface area contributed by atoms with E-state index < -0.39 is 17.4 Å². The Hall–Kier alpha value is -1.33. The van der Waals surface area contributed by atoms with Crippen LogP contribution in [-0.2, 0) is 14.9 Å². The summed E-state index contributed by atoms with van der Waals surface area (Å²) >= 11 is 0. The molecule has 0 spiro atoms. The first-order valence-electron chi connectivity index (χ1n) is 4.82. The zero-order valence-electron chi connectivity index (χ0n) is 8.49. The van der Waals surface area contributed by atoms with Gasteiger partial charge in [0.15, 0.2) is 0 Å². The lowest BCUT2D eigenvalue weighted by atomic mass is 9.73. The molecule has 1 fully saturated rings. The van der Waals surface area contributed by atoms with E-state index in [-0.39, 0.29) is 0 Å². The average molecular weight is 210 g/mol. The third kappa shape index (κ3) is 1.44. The molecule has 0 saturated carbocycles. The molecule has 5 heteroatoms. The fourth-order valence-electron chi connectivity index (χ4n) is 2.09. The molecule has 3 N–H and O–H groups in total. The van der Waals surface area contributed by atoms with Crippen LogP contribution in [0, 0.1) is 0 Å². The van der Waals surface area contributed by atoms with Gasteiger partial charge >= 0.3 is 5.97 Å². The number of carboxylic acids is 1. The molecule has 1 unspecified atom stereocenters. The molecule has 0 amide bonds. The summed E-state index contributed by atoms with van der Waals surface area (Å²) in [5.41, 5.74) is 0.552. The Bertz CT molecular complexity index is 344. The van der Waals surface area contributed by atoms with Gasteiger partial charge in [0, 0.05) is 12.4 Å². The number of rotatable bonds is 4. The van der Waals surface area contributed by atoms with Crippen LogP contribution in [0.25, 0.3) is 0 Å². The lowest BCUT2D eigenvalue weighted by Gasteiger charge is -2.44. The van der Waals surface area contributed by atoms with Gasteiger partial charge in [-0.2, -0.15) is 0 Å². The second-order valence-corrected chi connectivity index (χ2v) is 3.81. The molecule has 0 aromatic carbocycles. The molecule has 1 aliphatic rings. The minimum absolute atomic E-state index is 0.430. The normalized spacial score (nSPS) is 20.6. The topological polar surface area (TPSA) is 74.4 Å². The molecule has 1 saturated heterocycles. The number of carbonyl (C=O) groups is 1. The van der Waals surface area contributed by atoms with E-state index in [1.807, 2.05) is 12.3 Å². The van der Waals surface area contributed by atoms with Crippen molar-refractivity contribution in [3.05, 3.63) is 24.0 Å². The van der Waals surface area contributed by atoms with Crippen LogP contribution >= 0.6 is 0 Å². The van der Waals surface area contributed by atoms with E-state index in [2.05, 4.69) is 10.3 Å². The summed E-state index contributed by atoms with van der Waals surface area (Å²) in [5.74, 6) is -0.845. The van der Waals surface area contributed by atoms with Crippen LogP contribution in [0.15, 0.2) is 18.5 Å². The molecule has 1 aliphatic heterocycles. The molecule has 5 nitrogen and oxygen atoms in total. The highest BCUT2D eigenvalue weighted by Crippen LogP contribution is 2.35. The van der Waals surface area contributed by atoms with E-state index in [9.17, 15) is 4.79 Å². The van der Waals surface area contributed by atoms with Crippen molar-refractivity contribution in [1.29, 1.82) is 0 Å². The van der Waals surface area contributed by atoms with Crippen LogP contribution in [-0.4, -0.2) is 42.4 Å². The average Bonchev–Trinajstić information content (AvgIpc) is 2.62. The number of aromatic amines is 1. The van der Waals surface area contributed by atoms with Gasteiger partial charge in [-0.1, -0.05) is 0 Å². The molecule has 0 radical (unpaired) electrons. The molecule has 2 rings (SSSR count). The number of hydrogen-bond acceptors (Lipinski definition) is 3. The maximum Gasteiger partial charge on any atom is 0.321 e. The van der Waals surface area contributed by atoms with Gasteiger partial charge in [-0.15, -0.1) is 0 Å². The second kappa shape index (κ2) is 3.67. The van der Waals surface area contributed by atoms with Crippen molar-refractivity contribution < 1.29 is 14.6 Å². The number of H-pyrrole nitrogens is 1. The molecule has 82 valence electrons. The van der Waals surface area contributed by atoms with Gasteiger partial charge in [0.25, 0.3) is 0 Å². The number of aromatic nitrogens is 1. The molecule has 15 heavy (non-hydrogen) atoms. The zero-order chi connectivity index (χ0) is 10.9. The lowest BCUT2D eigenvalue weighted by Crippen LogP contribution is -2.62. The molecule has 1 atom stereocenters. The van der Waals surface area contributed by atoms with Crippen LogP contribution in [0.4, 0.5) is 0 Å². The number of nitrogens with one attached hydrogen (secondary N) is 2. The Morgan fingerprint density at radius 3 is 2.80 bits per heavy atom. The van der Waals surface area contributed by atoms with Crippen LogP contribution in [0.5, 0.6) is 0 Å². The van der Waals surface area contributed by atoms with E-state index in [4.69, 9.17) is 9.84 Å². The highest BCUT2D eigenvalue weighted by atomic mass is 16.5. The summed E-state index contributed by atoms with van der Waals surface area (Å²) in [4.78, 5) is 14.1. The van der Waals surface area contributed by atoms with Gasteiger partial charge in [0.1, 0.15) is 6.04 Å². The molecule has 1 aromatic rings. The van der Waals surface area contributed by atoms with Crippen molar-refractivity contribution in [3.63, 3.8) is 0 Å². The Balaban J connectivity index is 2.32. The number of aliphatic carboxylic acids is 1. The quantitative estimate of drug-likeness (QED) is 0.651. The summed E-state index contributed by atoms with van der Waals surface area (Å²) < 4.78 is 5.18. The SMILES string of the molecule is CNC(C(=O)O)C1(c2cc[nH]c2)COC1. The first-order valence-corrected chi connectivity index (χ1v) is 4.82. The summed E-state index contributed by atoms with van der Waals surface area (Å²) in [6.45, 7) is 0.894. The Morgan fingerprint density at radius 2 is 2.47 bits per heavy atom. The highest BCUT2D eigenvalue weighted by molar-refractivity contribution is 5.76. The number of hydrogen-bond donors (Lipinski definition) is 3. The monoisotopic (exact) mass is 210 g/mol. The van der Waals surface area contributed by atoms with Gasteiger partial charge < -0.3 is 20.1 Å². The largest absolute Gasteiger partial charge is 0.480 e. The predicted molar refractivity (Wildman–Crippen MR) is 53.8 cm³/mol. The van der Waals surface area contributed by atoms with Gasteiger partial charge in [0.05, 0.1) is 18.6 Å². The number of likely N-dealkylation sites (N-methyl/N-ethyl adjacent to an activating group) is 1. The third-order valence-corrected chi connectivity index (χ3v) is 2.98. The fourth-order valence-corrected chi connectivity index (χ4v) is 2.09. The van der Waals surface area contributed by atoms with Gasteiger partial charge in [-0.3, -0.25) is 4.79 Å². The number of ether oxygens (including phenoxy) is 1. The summed E-state index contributed by atoms with van der Waals surface area (Å²) in [7, 11) is 1.66. The maximum absolute atomic E-state index is 11.1. The van der Waals surface area contributed by atoms with Crippen molar-refractivity contribution in [2.24, 2.45) is 0 Å².